The number of esters is 1. The lowest BCUT2D eigenvalue weighted by molar-refractivity contribution is -0.152. The summed E-state index contributed by atoms with van der Waals surface area (Å²) in [6.45, 7) is 2.75. The molecule has 3 amide bonds. The van der Waals surface area contributed by atoms with Crippen LogP contribution in [0, 0.1) is 6.92 Å². The summed E-state index contributed by atoms with van der Waals surface area (Å²) < 4.78 is 5.15. The molecule has 1 atom stereocenters. The Morgan fingerprint density at radius 1 is 1.17 bits per heavy atom. The quantitative estimate of drug-likeness (QED) is 0.749. The molecule has 0 saturated carbocycles. The van der Waals surface area contributed by atoms with Gasteiger partial charge in [0.05, 0.1) is 11.4 Å². The number of anilines is 2. The Morgan fingerprint density at radius 3 is 2.69 bits per heavy atom. The van der Waals surface area contributed by atoms with Gasteiger partial charge in [-0.05, 0) is 38.1 Å². The molecule has 0 unspecified atom stereocenters. The fourth-order valence-electron chi connectivity index (χ4n) is 2.98. The maximum absolute atomic E-state index is 12.7. The Labute approximate surface area is 167 Å². The highest BCUT2D eigenvalue weighted by Gasteiger charge is 2.31. The number of carbonyl (C=O) groups excluding carboxylic acids is 4. The second-order valence-electron chi connectivity index (χ2n) is 6.67. The molecule has 3 rings (SSSR count). The van der Waals surface area contributed by atoms with Crippen LogP contribution in [0.15, 0.2) is 48.5 Å². The average molecular weight is 395 g/mol. The van der Waals surface area contributed by atoms with Gasteiger partial charge in [-0.1, -0.05) is 29.8 Å². The second-order valence-corrected chi connectivity index (χ2v) is 6.67. The number of nitrogens with one attached hydrogen (secondary N) is 2. The van der Waals surface area contributed by atoms with Crippen LogP contribution in [-0.2, 0) is 19.1 Å². The molecule has 8 nitrogen and oxygen atoms in total. The summed E-state index contributed by atoms with van der Waals surface area (Å²) in [5.41, 5.74) is 2.40. The van der Waals surface area contributed by atoms with Crippen molar-refractivity contribution in [1.82, 2.24) is 5.32 Å². The molecule has 0 fully saturated rings. The zero-order valence-corrected chi connectivity index (χ0v) is 16.1. The predicted molar refractivity (Wildman–Crippen MR) is 106 cm³/mol. The number of nitrogens with zero attached hydrogens (tertiary/aromatic N) is 1. The standard InChI is InChI=1S/C21H21N3O5/c1-13-6-5-7-15(10-13)20(27)22-11-19(26)29-14(2)21(28)24-12-18(25)23-16-8-3-4-9-17(16)24/h3-10,14H,11-12H2,1-2H3,(H,22,27)(H,23,25)/t14-/m1/s1. The molecule has 2 aromatic carbocycles. The lowest BCUT2D eigenvalue weighted by Crippen LogP contribution is -2.47. The van der Waals surface area contributed by atoms with Crippen LogP contribution >= 0.6 is 0 Å². The third-order valence-corrected chi connectivity index (χ3v) is 4.37. The van der Waals surface area contributed by atoms with Crippen molar-refractivity contribution >= 4 is 35.1 Å². The molecule has 8 heteroatoms. The number of carbonyl (C=O) groups is 4. The number of rotatable bonds is 5. The molecule has 0 bridgehead atoms. The number of amides is 3. The minimum absolute atomic E-state index is 0.165. The Balaban J connectivity index is 1.58. The first kappa shape index (κ1) is 20.1. The normalized spacial score (nSPS) is 13.7. The Hall–Kier alpha value is -3.68. The summed E-state index contributed by atoms with van der Waals surface area (Å²) in [5, 5.41) is 5.16. The number of benzene rings is 2. The van der Waals surface area contributed by atoms with Gasteiger partial charge in [0.15, 0.2) is 6.10 Å². The van der Waals surface area contributed by atoms with Crippen molar-refractivity contribution in [2.45, 2.75) is 20.0 Å². The van der Waals surface area contributed by atoms with Gasteiger partial charge < -0.3 is 15.4 Å². The van der Waals surface area contributed by atoms with Crippen LogP contribution in [0.4, 0.5) is 11.4 Å². The second kappa shape index (κ2) is 8.55. The van der Waals surface area contributed by atoms with Crippen LogP contribution in [0.1, 0.15) is 22.8 Å². The van der Waals surface area contributed by atoms with E-state index in [1.54, 1.807) is 42.5 Å². The Kier molecular flexibility index (Phi) is 5.92. The van der Waals surface area contributed by atoms with E-state index in [1.165, 1.54) is 11.8 Å². The first-order valence-corrected chi connectivity index (χ1v) is 9.10. The van der Waals surface area contributed by atoms with Crippen LogP contribution in [0.3, 0.4) is 0 Å². The fraction of sp³-hybridized carbons (Fsp3) is 0.238. The van der Waals surface area contributed by atoms with E-state index in [0.717, 1.165) is 5.56 Å². The minimum atomic E-state index is -1.11. The van der Waals surface area contributed by atoms with E-state index in [0.29, 0.717) is 16.9 Å². The lowest BCUT2D eigenvalue weighted by atomic mass is 10.1. The van der Waals surface area contributed by atoms with Gasteiger partial charge in [-0.15, -0.1) is 0 Å². The van der Waals surface area contributed by atoms with E-state index in [9.17, 15) is 19.2 Å². The monoisotopic (exact) mass is 395 g/mol. The number of fused-ring (bicyclic) bond motifs is 1. The molecule has 2 N–H and O–H groups in total. The van der Waals surface area contributed by atoms with Crippen molar-refractivity contribution < 1.29 is 23.9 Å². The van der Waals surface area contributed by atoms with Crippen LogP contribution in [0.5, 0.6) is 0 Å². The van der Waals surface area contributed by atoms with Gasteiger partial charge in [0.1, 0.15) is 13.1 Å². The number of para-hydroxylation sites is 2. The molecule has 1 aliphatic rings. The minimum Gasteiger partial charge on any atom is -0.451 e. The molecule has 0 saturated heterocycles. The summed E-state index contributed by atoms with van der Waals surface area (Å²) in [6, 6.07) is 13.8. The van der Waals surface area contributed by atoms with Crippen LogP contribution in [0.2, 0.25) is 0 Å². The SMILES string of the molecule is Cc1cccc(C(=O)NCC(=O)O[C@H](C)C(=O)N2CC(=O)Nc3ccccc32)c1. The van der Waals surface area contributed by atoms with Gasteiger partial charge in [-0.3, -0.25) is 24.1 Å². The highest BCUT2D eigenvalue weighted by atomic mass is 16.5. The average Bonchev–Trinajstić information content (AvgIpc) is 2.70. The highest BCUT2D eigenvalue weighted by Crippen LogP contribution is 2.29. The molecule has 29 heavy (non-hydrogen) atoms. The van der Waals surface area contributed by atoms with E-state index in [1.807, 2.05) is 13.0 Å². The van der Waals surface area contributed by atoms with Gasteiger partial charge in [-0.2, -0.15) is 0 Å². The largest absolute Gasteiger partial charge is 0.451 e. The van der Waals surface area contributed by atoms with Crippen molar-refractivity contribution in [3.63, 3.8) is 0 Å². The fourth-order valence-corrected chi connectivity index (χ4v) is 2.98. The topological polar surface area (TPSA) is 105 Å². The molecular formula is C21H21N3O5. The highest BCUT2D eigenvalue weighted by molar-refractivity contribution is 6.11. The molecule has 0 spiro atoms. The van der Waals surface area contributed by atoms with Crippen LogP contribution < -0.4 is 15.5 Å². The van der Waals surface area contributed by atoms with Gasteiger partial charge in [0.25, 0.3) is 11.8 Å². The van der Waals surface area contributed by atoms with Crippen LogP contribution in [0.25, 0.3) is 0 Å². The maximum Gasteiger partial charge on any atom is 0.326 e. The molecule has 0 radical (unpaired) electrons. The van der Waals surface area contributed by atoms with Crippen LogP contribution in [-0.4, -0.2) is 42.9 Å². The molecule has 0 aromatic heterocycles. The molecule has 1 heterocycles. The molecule has 2 aromatic rings. The summed E-state index contributed by atoms with van der Waals surface area (Å²) in [4.78, 5) is 50.0. The zero-order chi connectivity index (χ0) is 21.0. The zero-order valence-electron chi connectivity index (χ0n) is 16.1. The Bertz CT molecular complexity index is 972. The van der Waals surface area contributed by atoms with Gasteiger partial charge in [0, 0.05) is 5.56 Å². The molecular weight excluding hydrogens is 374 g/mol. The van der Waals surface area contributed by atoms with E-state index >= 15 is 0 Å². The first-order valence-electron chi connectivity index (χ1n) is 9.10. The predicted octanol–water partition coefficient (Wildman–Crippen LogP) is 1.64. The number of hydrogen-bond acceptors (Lipinski definition) is 5. The van der Waals surface area contributed by atoms with Crippen molar-refractivity contribution in [2.24, 2.45) is 0 Å². The number of hydrogen-bond donors (Lipinski definition) is 2. The van der Waals surface area contributed by atoms with E-state index in [2.05, 4.69) is 10.6 Å². The van der Waals surface area contributed by atoms with Gasteiger partial charge >= 0.3 is 5.97 Å². The van der Waals surface area contributed by atoms with Gasteiger partial charge in [-0.25, -0.2) is 0 Å². The molecule has 1 aliphatic heterocycles. The van der Waals surface area contributed by atoms with Crippen molar-refractivity contribution in [1.29, 1.82) is 0 Å². The lowest BCUT2D eigenvalue weighted by Gasteiger charge is -2.30. The van der Waals surface area contributed by atoms with Crippen molar-refractivity contribution in [2.75, 3.05) is 23.3 Å². The third-order valence-electron chi connectivity index (χ3n) is 4.37. The summed E-state index contributed by atoms with van der Waals surface area (Å²) in [7, 11) is 0. The van der Waals surface area contributed by atoms with Crippen molar-refractivity contribution in [3.05, 3.63) is 59.7 Å². The molecule has 0 aliphatic carbocycles. The summed E-state index contributed by atoms with van der Waals surface area (Å²) in [5.74, 6) is -2.01. The smallest absolute Gasteiger partial charge is 0.326 e. The summed E-state index contributed by atoms with van der Waals surface area (Å²) >= 11 is 0. The third kappa shape index (κ3) is 4.78. The van der Waals surface area contributed by atoms with Gasteiger partial charge in [0.2, 0.25) is 5.91 Å². The Morgan fingerprint density at radius 2 is 1.93 bits per heavy atom. The van der Waals surface area contributed by atoms with E-state index in [4.69, 9.17) is 4.74 Å². The maximum atomic E-state index is 12.7. The number of aryl methyl sites for hydroxylation is 1. The van der Waals surface area contributed by atoms with E-state index < -0.39 is 23.9 Å². The first-order chi connectivity index (χ1) is 13.8. The molecule has 150 valence electrons. The number of ether oxygens (including phenoxy) is 1. The van der Waals surface area contributed by atoms with Crippen molar-refractivity contribution in [3.8, 4) is 0 Å². The van der Waals surface area contributed by atoms with E-state index in [-0.39, 0.29) is 19.0 Å². The summed E-state index contributed by atoms with van der Waals surface area (Å²) in [6.07, 6.45) is -1.11.